The standard InChI is InChI=1S/C15H20N2O/c1-15-8-5-9-16(17(15)10-11-18)14(12-15)13-6-3-2-4-7-13/h2-4,6-7,12,18H,5,8-11H2,1H3. The van der Waals surface area contributed by atoms with Crippen molar-refractivity contribution in [3.63, 3.8) is 0 Å². The first-order valence-electron chi connectivity index (χ1n) is 6.69. The summed E-state index contributed by atoms with van der Waals surface area (Å²) in [5.41, 5.74) is 2.64. The summed E-state index contributed by atoms with van der Waals surface area (Å²) in [5, 5.41) is 13.9. The van der Waals surface area contributed by atoms with E-state index >= 15 is 0 Å². The van der Waals surface area contributed by atoms with Gasteiger partial charge in [0.15, 0.2) is 0 Å². The number of hydrogen-bond acceptors (Lipinski definition) is 3. The summed E-state index contributed by atoms with van der Waals surface area (Å²) >= 11 is 0. The fraction of sp³-hybridized carbons (Fsp3) is 0.467. The minimum absolute atomic E-state index is 0.0756. The Morgan fingerprint density at radius 1 is 1.28 bits per heavy atom. The molecule has 0 spiro atoms. The van der Waals surface area contributed by atoms with Gasteiger partial charge in [-0.25, -0.2) is 5.01 Å². The molecule has 1 saturated heterocycles. The van der Waals surface area contributed by atoms with Gasteiger partial charge in [-0.15, -0.1) is 0 Å². The Bertz CT molecular complexity index is 457. The van der Waals surface area contributed by atoms with Gasteiger partial charge in [0.25, 0.3) is 0 Å². The van der Waals surface area contributed by atoms with Gasteiger partial charge in [-0.1, -0.05) is 30.3 Å². The lowest BCUT2D eigenvalue weighted by Crippen LogP contribution is -2.54. The Labute approximate surface area is 108 Å². The molecule has 1 N–H and O–H groups in total. The molecule has 2 bridgehead atoms. The number of fused-ring (bicyclic) bond motifs is 2. The zero-order valence-electron chi connectivity index (χ0n) is 10.8. The van der Waals surface area contributed by atoms with Gasteiger partial charge >= 0.3 is 0 Å². The Kier molecular flexibility index (Phi) is 2.88. The molecule has 3 nitrogen and oxygen atoms in total. The fourth-order valence-electron chi connectivity index (χ4n) is 3.19. The molecule has 2 heterocycles. The van der Waals surface area contributed by atoms with Crippen molar-refractivity contribution < 1.29 is 5.11 Å². The highest BCUT2D eigenvalue weighted by Crippen LogP contribution is 2.42. The van der Waals surface area contributed by atoms with Crippen LogP contribution in [-0.2, 0) is 0 Å². The first-order valence-corrected chi connectivity index (χ1v) is 6.69. The van der Waals surface area contributed by atoms with E-state index in [9.17, 15) is 5.11 Å². The van der Waals surface area contributed by atoms with Crippen LogP contribution in [0.25, 0.3) is 5.70 Å². The number of nitrogens with zero attached hydrogens (tertiary/aromatic N) is 2. The summed E-state index contributed by atoms with van der Waals surface area (Å²) in [6.07, 6.45) is 4.75. The van der Waals surface area contributed by atoms with Gasteiger partial charge in [-0.3, -0.25) is 0 Å². The molecule has 96 valence electrons. The van der Waals surface area contributed by atoms with Crippen LogP contribution in [0.15, 0.2) is 36.4 Å². The van der Waals surface area contributed by atoms with E-state index in [4.69, 9.17) is 0 Å². The van der Waals surface area contributed by atoms with E-state index in [0.717, 1.165) is 6.54 Å². The van der Waals surface area contributed by atoms with Crippen LogP contribution in [0.4, 0.5) is 0 Å². The van der Waals surface area contributed by atoms with Gasteiger partial charge in [-0.05, 0) is 31.4 Å². The summed E-state index contributed by atoms with van der Waals surface area (Å²) < 4.78 is 0. The normalized spacial score (nSPS) is 27.4. The summed E-state index contributed by atoms with van der Waals surface area (Å²) in [7, 11) is 0. The molecule has 1 unspecified atom stereocenters. The van der Waals surface area contributed by atoms with Crippen molar-refractivity contribution in [1.29, 1.82) is 0 Å². The Hall–Kier alpha value is -1.32. The number of hydrogen-bond donors (Lipinski definition) is 1. The average molecular weight is 244 g/mol. The number of benzene rings is 1. The molecule has 2 aliphatic heterocycles. The van der Waals surface area contributed by atoms with Crippen molar-refractivity contribution in [2.75, 3.05) is 19.7 Å². The van der Waals surface area contributed by atoms with Crippen molar-refractivity contribution in [1.82, 2.24) is 10.0 Å². The predicted octanol–water partition coefficient (Wildman–Crippen LogP) is 2.10. The van der Waals surface area contributed by atoms with Crippen LogP contribution in [-0.4, -0.2) is 40.4 Å². The molecule has 0 aliphatic carbocycles. The molecule has 0 aromatic heterocycles. The first kappa shape index (κ1) is 11.8. The van der Waals surface area contributed by atoms with E-state index in [1.165, 1.54) is 24.1 Å². The van der Waals surface area contributed by atoms with Gasteiger partial charge in [0.05, 0.1) is 17.8 Å². The van der Waals surface area contributed by atoms with Gasteiger partial charge in [-0.2, -0.15) is 0 Å². The van der Waals surface area contributed by atoms with Gasteiger partial charge in [0.2, 0.25) is 0 Å². The molecular weight excluding hydrogens is 224 g/mol. The van der Waals surface area contributed by atoms with Crippen LogP contribution in [0, 0.1) is 0 Å². The monoisotopic (exact) mass is 244 g/mol. The molecule has 0 radical (unpaired) electrons. The number of rotatable bonds is 3. The highest BCUT2D eigenvalue weighted by atomic mass is 16.3. The molecule has 1 atom stereocenters. The van der Waals surface area contributed by atoms with E-state index in [-0.39, 0.29) is 12.1 Å². The fourth-order valence-corrected chi connectivity index (χ4v) is 3.19. The van der Waals surface area contributed by atoms with Crippen molar-refractivity contribution in [3.05, 3.63) is 42.0 Å². The van der Waals surface area contributed by atoms with Gasteiger partial charge in [0.1, 0.15) is 0 Å². The highest BCUT2D eigenvalue weighted by Gasteiger charge is 2.43. The molecule has 3 rings (SSSR count). The van der Waals surface area contributed by atoms with Crippen molar-refractivity contribution in [3.8, 4) is 0 Å². The maximum Gasteiger partial charge on any atom is 0.0580 e. The second-order valence-corrected chi connectivity index (χ2v) is 5.33. The topological polar surface area (TPSA) is 26.7 Å². The molecule has 1 aromatic rings. The summed E-state index contributed by atoms with van der Waals surface area (Å²) in [4.78, 5) is 0. The largest absolute Gasteiger partial charge is 0.395 e. The van der Waals surface area contributed by atoms with Crippen LogP contribution in [0.1, 0.15) is 25.3 Å². The average Bonchev–Trinajstić information content (AvgIpc) is 2.56. The quantitative estimate of drug-likeness (QED) is 0.882. The minimum Gasteiger partial charge on any atom is -0.395 e. The second-order valence-electron chi connectivity index (χ2n) is 5.33. The smallest absolute Gasteiger partial charge is 0.0580 e. The summed E-state index contributed by atoms with van der Waals surface area (Å²) in [6, 6.07) is 10.5. The lowest BCUT2D eigenvalue weighted by molar-refractivity contribution is -0.0621. The van der Waals surface area contributed by atoms with Crippen LogP contribution in [0.2, 0.25) is 0 Å². The van der Waals surface area contributed by atoms with E-state index < -0.39 is 0 Å². The van der Waals surface area contributed by atoms with E-state index in [0.29, 0.717) is 6.54 Å². The maximum absolute atomic E-state index is 9.26. The van der Waals surface area contributed by atoms with Crippen molar-refractivity contribution >= 4 is 5.70 Å². The number of aliphatic hydroxyl groups excluding tert-OH is 1. The summed E-state index contributed by atoms with van der Waals surface area (Å²) in [6.45, 7) is 4.24. The second kappa shape index (κ2) is 4.41. The van der Waals surface area contributed by atoms with Crippen LogP contribution in [0.3, 0.4) is 0 Å². The Morgan fingerprint density at radius 3 is 2.78 bits per heavy atom. The zero-order chi connectivity index (χ0) is 12.6. The van der Waals surface area contributed by atoms with E-state index in [2.05, 4.69) is 47.3 Å². The van der Waals surface area contributed by atoms with Crippen LogP contribution >= 0.6 is 0 Å². The first-order chi connectivity index (χ1) is 8.74. The third-order valence-corrected chi connectivity index (χ3v) is 4.04. The molecule has 3 heteroatoms. The molecule has 1 aromatic carbocycles. The molecule has 0 saturated carbocycles. The van der Waals surface area contributed by atoms with E-state index in [1.54, 1.807) is 0 Å². The van der Waals surface area contributed by atoms with Crippen LogP contribution in [0.5, 0.6) is 0 Å². The van der Waals surface area contributed by atoms with Crippen molar-refractivity contribution in [2.24, 2.45) is 0 Å². The lowest BCUT2D eigenvalue weighted by atomic mass is 9.94. The highest BCUT2D eigenvalue weighted by molar-refractivity contribution is 5.67. The van der Waals surface area contributed by atoms with Gasteiger partial charge in [0, 0.05) is 13.1 Å². The zero-order valence-corrected chi connectivity index (χ0v) is 10.8. The molecular formula is C15H20N2O. The lowest BCUT2D eigenvalue weighted by Gasteiger charge is -2.45. The van der Waals surface area contributed by atoms with Crippen molar-refractivity contribution in [2.45, 2.75) is 25.3 Å². The number of aliphatic hydroxyl groups is 1. The molecule has 0 amide bonds. The van der Waals surface area contributed by atoms with Gasteiger partial charge < -0.3 is 10.1 Å². The van der Waals surface area contributed by atoms with Crippen LogP contribution < -0.4 is 0 Å². The number of β-amino-alcohol motifs (C(OH)–C–C–N with tert-alkyl or cyclic N) is 1. The molecule has 1 fully saturated rings. The Morgan fingerprint density at radius 2 is 2.06 bits per heavy atom. The maximum atomic E-state index is 9.26. The molecule has 2 aliphatic rings. The third kappa shape index (κ3) is 1.74. The third-order valence-electron chi connectivity index (χ3n) is 4.04. The molecule has 18 heavy (non-hydrogen) atoms. The minimum atomic E-state index is 0.0756. The predicted molar refractivity (Wildman–Crippen MR) is 72.6 cm³/mol. The SMILES string of the molecule is CC12C=C(c3ccccc3)N(CCC1)N2CCO. The number of hydrazine groups is 1. The Balaban J connectivity index is 1.97. The summed E-state index contributed by atoms with van der Waals surface area (Å²) in [5.74, 6) is 0. The van der Waals surface area contributed by atoms with E-state index in [1.807, 2.05) is 6.07 Å².